The van der Waals surface area contributed by atoms with Crippen LogP contribution in [-0.4, -0.2) is 49.5 Å². The number of anilines is 2. The molecule has 0 radical (unpaired) electrons. The van der Waals surface area contributed by atoms with Gasteiger partial charge in [-0.3, -0.25) is 9.71 Å². The van der Waals surface area contributed by atoms with Crippen LogP contribution in [-0.2, 0) is 14.8 Å². The number of pyridine rings is 1. The molecule has 0 amide bonds. The second-order valence-corrected chi connectivity index (χ2v) is 12.1. The van der Waals surface area contributed by atoms with Gasteiger partial charge in [-0.05, 0) is 74.1 Å². The molecule has 3 heterocycles. The predicted octanol–water partition coefficient (Wildman–Crippen LogP) is 4.83. The Morgan fingerprint density at radius 3 is 2.45 bits per heavy atom. The second-order valence-electron chi connectivity index (χ2n) is 9.93. The van der Waals surface area contributed by atoms with Gasteiger partial charge in [0.15, 0.2) is 5.11 Å². The average molecular weight is 606 g/mol. The minimum absolute atomic E-state index is 0.316. The van der Waals surface area contributed by atoms with Crippen LogP contribution in [0.1, 0.15) is 45.1 Å². The molecule has 12 heteroatoms. The van der Waals surface area contributed by atoms with Crippen LogP contribution in [0.4, 0.5) is 11.4 Å². The predicted molar refractivity (Wildman–Crippen MR) is 166 cm³/mol. The molecule has 0 bridgehead atoms. The molecule has 10 nitrogen and oxygen atoms in total. The van der Waals surface area contributed by atoms with Gasteiger partial charge in [-0.1, -0.05) is 18.2 Å². The lowest BCUT2D eigenvalue weighted by molar-refractivity contribution is 0.0600. The Morgan fingerprint density at radius 2 is 1.79 bits per heavy atom. The first-order chi connectivity index (χ1) is 20.0. The molecule has 1 aliphatic heterocycles. The molecule has 218 valence electrons. The first-order valence-electron chi connectivity index (χ1n) is 13.1. The number of hydrogen-bond donors (Lipinski definition) is 2. The highest BCUT2D eigenvalue weighted by molar-refractivity contribution is 7.92. The van der Waals surface area contributed by atoms with Crippen LogP contribution in [0.3, 0.4) is 0 Å². The molecule has 4 aromatic rings. The van der Waals surface area contributed by atoms with E-state index in [0.717, 1.165) is 28.9 Å². The zero-order chi connectivity index (χ0) is 30.2. The standard InChI is InChI=1S/C30H31N5O5S2/c1-18-16-22(19(2)34(18)25-12-7-6-10-21(25)29(36)40-4)28-27(24-11-8-9-15-31-24)32-30(41)35(28)20-13-14-23(26(17-20)39-3)33-42(5,37)38/h6-17,27-28,33H,1-5H3,(H,32,41)/t27-,28+/m1/s1. The smallest absolute Gasteiger partial charge is 0.339 e. The van der Waals surface area contributed by atoms with Gasteiger partial charge in [-0.25, -0.2) is 13.2 Å². The van der Waals surface area contributed by atoms with E-state index >= 15 is 0 Å². The largest absolute Gasteiger partial charge is 0.494 e. The van der Waals surface area contributed by atoms with Gasteiger partial charge in [0.25, 0.3) is 0 Å². The van der Waals surface area contributed by atoms with Crippen LogP contribution >= 0.6 is 12.2 Å². The number of rotatable bonds is 8. The fourth-order valence-corrected chi connectivity index (χ4v) is 6.39. The van der Waals surface area contributed by atoms with Crippen molar-refractivity contribution in [2.75, 3.05) is 30.1 Å². The number of nitrogens with zero attached hydrogens (tertiary/aromatic N) is 3. The molecular weight excluding hydrogens is 574 g/mol. The highest BCUT2D eigenvalue weighted by Gasteiger charge is 2.42. The molecule has 1 aliphatic rings. The zero-order valence-corrected chi connectivity index (χ0v) is 25.4. The Balaban J connectivity index is 1.69. The van der Waals surface area contributed by atoms with Gasteiger partial charge >= 0.3 is 5.97 Å². The van der Waals surface area contributed by atoms with E-state index in [4.69, 9.17) is 21.7 Å². The molecule has 42 heavy (non-hydrogen) atoms. The summed E-state index contributed by atoms with van der Waals surface area (Å²) in [4.78, 5) is 19.3. The number of thiocarbonyl (C=S) groups is 1. The van der Waals surface area contributed by atoms with Crippen molar-refractivity contribution in [2.24, 2.45) is 0 Å². The topological polar surface area (TPSA) is 115 Å². The third-order valence-corrected chi connectivity index (χ3v) is 8.10. The van der Waals surface area contributed by atoms with Gasteiger partial charge in [0.1, 0.15) is 5.75 Å². The minimum atomic E-state index is -3.52. The van der Waals surface area contributed by atoms with E-state index in [9.17, 15) is 13.2 Å². The molecule has 2 N–H and O–H groups in total. The van der Waals surface area contributed by atoms with Crippen LogP contribution < -0.4 is 19.7 Å². The van der Waals surface area contributed by atoms with Crippen molar-refractivity contribution in [3.05, 3.63) is 101 Å². The number of carbonyl (C=O) groups is 1. The molecular formula is C30H31N5O5S2. The van der Waals surface area contributed by atoms with E-state index in [1.807, 2.05) is 53.6 Å². The monoisotopic (exact) mass is 605 g/mol. The second kappa shape index (κ2) is 11.5. The van der Waals surface area contributed by atoms with Crippen molar-refractivity contribution in [1.29, 1.82) is 0 Å². The quantitative estimate of drug-likeness (QED) is 0.215. The Morgan fingerprint density at radius 1 is 1.05 bits per heavy atom. The third kappa shape index (κ3) is 5.42. The number of methoxy groups -OCH3 is 2. The molecule has 2 aromatic heterocycles. The summed E-state index contributed by atoms with van der Waals surface area (Å²) in [5, 5.41) is 3.92. The van der Waals surface area contributed by atoms with E-state index in [-0.39, 0.29) is 12.1 Å². The van der Waals surface area contributed by atoms with Crippen LogP contribution in [0.2, 0.25) is 0 Å². The van der Waals surface area contributed by atoms with E-state index in [1.54, 1.807) is 36.5 Å². The van der Waals surface area contributed by atoms with Crippen LogP contribution in [0.15, 0.2) is 72.9 Å². The van der Waals surface area contributed by atoms with Crippen LogP contribution in [0, 0.1) is 13.8 Å². The number of aryl methyl sites for hydroxylation is 1. The summed E-state index contributed by atoms with van der Waals surface area (Å²) in [6, 6.07) is 19.7. The Labute approximate surface area is 250 Å². The maximum absolute atomic E-state index is 12.7. The van der Waals surface area contributed by atoms with Gasteiger partial charge in [0, 0.05) is 29.3 Å². The normalized spacial score (nSPS) is 16.7. The van der Waals surface area contributed by atoms with Crippen molar-refractivity contribution in [1.82, 2.24) is 14.9 Å². The molecule has 0 saturated carbocycles. The number of ether oxygens (including phenoxy) is 2. The van der Waals surface area contributed by atoms with E-state index < -0.39 is 16.0 Å². The molecule has 0 aliphatic carbocycles. The maximum atomic E-state index is 12.7. The highest BCUT2D eigenvalue weighted by atomic mass is 32.2. The molecule has 0 unspecified atom stereocenters. The molecule has 1 fully saturated rings. The number of para-hydroxylation sites is 1. The van der Waals surface area contributed by atoms with Gasteiger partial charge in [0.2, 0.25) is 10.0 Å². The molecule has 0 spiro atoms. The lowest BCUT2D eigenvalue weighted by atomic mass is 9.96. The van der Waals surface area contributed by atoms with E-state index in [1.165, 1.54) is 14.2 Å². The van der Waals surface area contributed by atoms with Crippen molar-refractivity contribution in [3.63, 3.8) is 0 Å². The van der Waals surface area contributed by atoms with Crippen LogP contribution in [0.25, 0.3) is 5.69 Å². The van der Waals surface area contributed by atoms with Crippen molar-refractivity contribution < 1.29 is 22.7 Å². The molecule has 1 saturated heterocycles. The maximum Gasteiger partial charge on any atom is 0.339 e. The third-order valence-electron chi connectivity index (χ3n) is 7.20. The highest BCUT2D eigenvalue weighted by Crippen LogP contribution is 2.45. The summed E-state index contributed by atoms with van der Waals surface area (Å²) in [5.41, 5.74) is 5.77. The summed E-state index contributed by atoms with van der Waals surface area (Å²) in [6.07, 6.45) is 2.83. The van der Waals surface area contributed by atoms with E-state index in [2.05, 4.69) is 21.1 Å². The summed E-state index contributed by atoms with van der Waals surface area (Å²) < 4.78 is 39.0. The van der Waals surface area contributed by atoms with Crippen molar-refractivity contribution in [3.8, 4) is 11.4 Å². The number of esters is 1. The van der Waals surface area contributed by atoms with Gasteiger partial charge in [-0.2, -0.15) is 0 Å². The fourth-order valence-electron chi connectivity index (χ4n) is 5.47. The summed E-state index contributed by atoms with van der Waals surface area (Å²) >= 11 is 5.89. The first-order valence-corrected chi connectivity index (χ1v) is 15.4. The zero-order valence-electron chi connectivity index (χ0n) is 23.8. The Hall–Kier alpha value is -4.42. The van der Waals surface area contributed by atoms with Gasteiger partial charge in [-0.15, -0.1) is 0 Å². The summed E-state index contributed by atoms with van der Waals surface area (Å²) in [5.74, 6) is -0.0792. The Kier molecular flexibility index (Phi) is 7.93. The number of aromatic nitrogens is 2. The Bertz CT molecular complexity index is 1770. The lowest BCUT2D eigenvalue weighted by Crippen LogP contribution is -2.29. The van der Waals surface area contributed by atoms with Gasteiger partial charge < -0.3 is 24.3 Å². The average Bonchev–Trinajstić information content (AvgIpc) is 3.47. The SMILES string of the molecule is COC(=O)c1ccccc1-n1c(C)cc([C@H]2[C@@H](c3ccccn3)NC(=S)N2c2ccc(NS(C)(=O)=O)c(OC)c2)c1C. The minimum Gasteiger partial charge on any atom is -0.494 e. The first kappa shape index (κ1) is 29.1. The van der Waals surface area contributed by atoms with Gasteiger partial charge in [0.05, 0.1) is 55.2 Å². The number of sulfonamides is 1. The summed E-state index contributed by atoms with van der Waals surface area (Å²) in [7, 11) is -0.676. The fraction of sp³-hybridized carbons (Fsp3) is 0.233. The molecule has 2 atom stereocenters. The van der Waals surface area contributed by atoms with Crippen LogP contribution in [0.5, 0.6) is 5.75 Å². The number of benzene rings is 2. The number of carbonyl (C=O) groups excluding carboxylic acids is 1. The van der Waals surface area contributed by atoms with E-state index in [0.29, 0.717) is 33.5 Å². The molecule has 2 aromatic carbocycles. The molecule has 5 rings (SSSR count). The summed E-state index contributed by atoms with van der Waals surface area (Å²) in [6.45, 7) is 3.99. The van der Waals surface area contributed by atoms with Crippen molar-refractivity contribution in [2.45, 2.75) is 25.9 Å². The number of nitrogens with one attached hydrogen (secondary N) is 2. The lowest BCUT2D eigenvalue weighted by Gasteiger charge is -2.29. The van der Waals surface area contributed by atoms with Crippen molar-refractivity contribution >= 4 is 44.7 Å². The number of hydrogen-bond acceptors (Lipinski definition) is 7.